The second kappa shape index (κ2) is 3.78. The van der Waals surface area contributed by atoms with Gasteiger partial charge in [0.2, 0.25) is 5.91 Å². The third-order valence-electron chi connectivity index (χ3n) is 0.640. The van der Waals surface area contributed by atoms with Crippen LogP contribution in [0.4, 0.5) is 0 Å². The highest BCUT2D eigenvalue weighted by Gasteiger charge is 2.07. The van der Waals surface area contributed by atoms with Gasteiger partial charge in [-0.2, -0.15) is 0 Å². The highest BCUT2D eigenvalue weighted by Crippen LogP contribution is 1.78. The predicted molar refractivity (Wildman–Crippen MR) is 32.9 cm³/mol. The van der Waals surface area contributed by atoms with E-state index in [4.69, 9.17) is 5.11 Å². The summed E-state index contributed by atoms with van der Waals surface area (Å²) < 4.78 is 0. The van der Waals surface area contributed by atoms with Crippen molar-refractivity contribution in [2.45, 2.75) is 6.10 Å². The van der Waals surface area contributed by atoms with Crippen LogP contribution < -0.4 is 10.8 Å². The lowest BCUT2D eigenvalue weighted by molar-refractivity contribution is -0.125. The van der Waals surface area contributed by atoms with E-state index in [1.54, 1.807) is 0 Å². The number of hydrogen-bond acceptors (Lipinski definition) is 3. The number of nitrogens with two attached hydrogens (primary N) is 1. The van der Waals surface area contributed by atoms with Gasteiger partial charge < -0.3 is 10.8 Å². The molecule has 0 fully saturated rings. The summed E-state index contributed by atoms with van der Waals surface area (Å²) in [5.74, 6) is -0.708. The van der Waals surface area contributed by atoms with Gasteiger partial charge in [0.1, 0.15) is 6.10 Å². The van der Waals surface area contributed by atoms with E-state index in [1.165, 1.54) is 0 Å². The maximum Gasteiger partial charge on any atom is 0.247 e. The Morgan fingerprint density at radius 1 is 2.00 bits per heavy atom. The number of primary amides is 1. The van der Waals surface area contributed by atoms with Crippen LogP contribution in [-0.4, -0.2) is 23.7 Å². The van der Waals surface area contributed by atoms with Crippen LogP contribution in [0.15, 0.2) is 0 Å². The molecule has 0 bridgehead atoms. The van der Waals surface area contributed by atoms with E-state index in [-0.39, 0.29) is 6.54 Å². The molecule has 0 radical (unpaired) electrons. The van der Waals surface area contributed by atoms with Gasteiger partial charge in [0, 0.05) is 6.54 Å². The quantitative estimate of drug-likeness (QED) is 0.401. The molecule has 2 unspecified atom stereocenters. The lowest BCUT2D eigenvalue weighted by atomic mass is 10.3. The Morgan fingerprint density at radius 3 is 2.62 bits per heavy atom. The largest absolute Gasteiger partial charge is 0.382 e. The van der Waals surface area contributed by atoms with Crippen LogP contribution in [0.1, 0.15) is 0 Å². The summed E-state index contributed by atoms with van der Waals surface area (Å²) in [6.07, 6.45) is -1.08. The van der Waals surface area contributed by atoms with E-state index >= 15 is 0 Å². The van der Waals surface area contributed by atoms with Crippen molar-refractivity contribution in [3.05, 3.63) is 0 Å². The number of aliphatic hydroxyl groups excluding tert-OH is 1. The topological polar surface area (TPSA) is 75.4 Å². The van der Waals surface area contributed by atoms with E-state index in [2.05, 4.69) is 20.2 Å². The molecule has 0 aromatic rings. The number of carbonyl (C=O) groups is 1. The van der Waals surface area contributed by atoms with Crippen molar-refractivity contribution in [1.29, 1.82) is 0 Å². The summed E-state index contributed by atoms with van der Waals surface area (Å²) in [6, 6.07) is 0. The number of amides is 1. The number of nitrogens with one attached hydrogen (secondary N) is 1. The summed E-state index contributed by atoms with van der Waals surface area (Å²) in [5.41, 5.74) is 4.68. The molecule has 0 rings (SSSR count). The SMILES string of the molecule is NC(=O)C(O)CNP. The first-order valence-corrected chi connectivity index (χ1v) is 2.67. The number of hydrogen-bond donors (Lipinski definition) is 3. The minimum Gasteiger partial charge on any atom is -0.382 e. The van der Waals surface area contributed by atoms with Gasteiger partial charge >= 0.3 is 0 Å². The number of aliphatic hydroxyl groups is 1. The summed E-state index contributed by atoms with van der Waals surface area (Å²) in [4.78, 5) is 10.0. The molecule has 5 heteroatoms. The van der Waals surface area contributed by atoms with Gasteiger partial charge in [0.05, 0.1) is 0 Å². The molecule has 8 heavy (non-hydrogen) atoms. The molecule has 0 aromatic heterocycles. The standard InChI is InChI=1S/C3H9N2O2P/c4-3(7)2(6)1-5-8/h2,5-6H,1,8H2,(H2,4,7). The first-order valence-electron chi connectivity index (χ1n) is 2.09. The predicted octanol–water partition coefficient (Wildman–Crippen LogP) is -1.79. The molecule has 0 aliphatic carbocycles. The average molecular weight is 136 g/mol. The third-order valence-corrected chi connectivity index (χ3v) is 0.875. The van der Waals surface area contributed by atoms with Crippen LogP contribution in [-0.2, 0) is 4.79 Å². The van der Waals surface area contributed by atoms with E-state index < -0.39 is 12.0 Å². The minimum atomic E-state index is -1.08. The van der Waals surface area contributed by atoms with Crippen LogP contribution in [0.5, 0.6) is 0 Å². The van der Waals surface area contributed by atoms with Crippen molar-refractivity contribution in [2.24, 2.45) is 5.73 Å². The summed E-state index contributed by atoms with van der Waals surface area (Å²) >= 11 is 0. The molecule has 4 nitrogen and oxygen atoms in total. The molecule has 0 aromatic carbocycles. The van der Waals surface area contributed by atoms with Crippen LogP contribution in [0, 0.1) is 0 Å². The molecule has 2 atom stereocenters. The van der Waals surface area contributed by atoms with Crippen molar-refractivity contribution in [3.8, 4) is 0 Å². The van der Waals surface area contributed by atoms with Crippen molar-refractivity contribution >= 4 is 15.3 Å². The van der Waals surface area contributed by atoms with E-state index in [0.717, 1.165) is 0 Å². The van der Waals surface area contributed by atoms with E-state index in [9.17, 15) is 4.79 Å². The Bertz CT molecular complexity index is 87.4. The Morgan fingerprint density at radius 2 is 2.50 bits per heavy atom. The Kier molecular flexibility index (Phi) is 3.69. The fraction of sp³-hybridized carbons (Fsp3) is 0.667. The van der Waals surface area contributed by atoms with E-state index in [0.29, 0.717) is 0 Å². The molecule has 0 saturated carbocycles. The molecular formula is C3H9N2O2P. The van der Waals surface area contributed by atoms with Crippen LogP contribution >= 0.6 is 9.39 Å². The monoisotopic (exact) mass is 136 g/mol. The van der Waals surface area contributed by atoms with Gasteiger partial charge in [-0.15, -0.1) is 0 Å². The zero-order valence-corrected chi connectivity index (χ0v) is 5.45. The third kappa shape index (κ3) is 2.91. The average Bonchev–Trinajstić information content (AvgIpc) is 1.67. The number of rotatable bonds is 3. The number of carbonyl (C=O) groups excluding carboxylic acids is 1. The zero-order chi connectivity index (χ0) is 6.57. The second-order valence-electron chi connectivity index (χ2n) is 1.33. The van der Waals surface area contributed by atoms with Gasteiger partial charge in [-0.3, -0.25) is 9.88 Å². The maximum atomic E-state index is 10.0. The van der Waals surface area contributed by atoms with Gasteiger partial charge in [-0.05, 0) is 0 Å². The normalized spacial score (nSPS) is 13.2. The molecule has 0 aliphatic heterocycles. The Labute approximate surface area is 49.7 Å². The highest BCUT2D eigenvalue weighted by atomic mass is 31.0. The van der Waals surface area contributed by atoms with Crippen molar-refractivity contribution in [3.63, 3.8) is 0 Å². The van der Waals surface area contributed by atoms with Gasteiger partial charge in [0.25, 0.3) is 0 Å². The van der Waals surface area contributed by atoms with Crippen molar-refractivity contribution in [1.82, 2.24) is 5.09 Å². The van der Waals surface area contributed by atoms with Crippen LogP contribution in [0.3, 0.4) is 0 Å². The lowest BCUT2D eigenvalue weighted by Crippen LogP contribution is -2.34. The Balaban J connectivity index is 3.32. The molecule has 0 heterocycles. The minimum absolute atomic E-state index is 0.181. The van der Waals surface area contributed by atoms with E-state index in [1.807, 2.05) is 0 Å². The molecule has 0 aliphatic rings. The molecule has 0 saturated heterocycles. The maximum absolute atomic E-state index is 10.0. The smallest absolute Gasteiger partial charge is 0.247 e. The molecule has 1 amide bonds. The molecule has 48 valence electrons. The molecular weight excluding hydrogens is 127 g/mol. The highest BCUT2D eigenvalue weighted by molar-refractivity contribution is 7.13. The second-order valence-corrected chi connectivity index (χ2v) is 1.73. The van der Waals surface area contributed by atoms with Gasteiger partial charge in [-0.25, -0.2) is 0 Å². The fourth-order valence-electron chi connectivity index (χ4n) is 0.212. The first kappa shape index (κ1) is 7.82. The zero-order valence-electron chi connectivity index (χ0n) is 4.29. The summed E-state index contributed by atoms with van der Waals surface area (Å²) in [5, 5.41) is 11.1. The van der Waals surface area contributed by atoms with Crippen LogP contribution in [0.25, 0.3) is 0 Å². The summed E-state index contributed by atoms with van der Waals surface area (Å²) in [6.45, 7) is 0.181. The molecule has 0 spiro atoms. The van der Waals surface area contributed by atoms with Gasteiger partial charge in [-0.1, -0.05) is 9.39 Å². The van der Waals surface area contributed by atoms with Crippen molar-refractivity contribution < 1.29 is 9.90 Å². The first-order chi connectivity index (χ1) is 3.68. The fourth-order valence-corrected chi connectivity index (χ4v) is 0.435. The summed E-state index contributed by atoms with van der Waals surface area (Å²) in [7, 11) is 2.15. The molecule has 4 N–H and O–H groups in total. The van der Waals surface area contributed by atoms with Crippen LogP contribution in [0.2, 0.25) is 0 Å². The van der Waals surface area contributed by atoms with Gasteiger partial charge in [0.15, 0.2) is 0 Å². The lowest BCUT2D eigenvalue weighted by Gasteiger charge is -2.02. The van der Waals surface area contributed by atoms with Crippen molar-refractivity contribution in [2.75, 3.05) is 6.54 Å². The Hall–Kier alpha value is -0.180.